The summed E-state index contributed by atoms with van der Waals surface area (Å²) in [6.45, 7) is 7.39. The zero-order valence-electron chi connectivity index (χ0n) is 17.5. The third-order valence-corrected chi connectivity index (χ3v) is 6.99. The number of Topliss-reactive ketones (excluding diaryl/α,β-unsaturated/α-hetero) is 1. The van der Waals surface area contributed by atoms with Crippen molar-refractivity contribution in [3.8, 4) is 0 Å². The Bertz CT molecular complexity index is 1200. The standard InChI is InChI=1S/C22H27N3O4S/c1-4-15-30(28,29)25-20-10-8-7-9-19(20)24(22(25)27)16-21(26)17-11-13-18(14-12-17)23(5-2)6-3/h7-14H,4-6,15-16H2,1-3H3. The quantitative estimate of drug-likeness (QED) is 0.488. The second-order valence-corrected chi connectivity index (χ2v) is 9.02. The van der Waals surface area contributed by atoms with E-state index in [4.69, 9.17) is 0 Å². The van der Waals surface area contributed by atoms with Gasteiger partial charge in [0.15, 0.2) is 5.78 Å². The first kappa shape index (κ1) is 21.8. The first-order valence-corrected chi connectivity index (χ1v) is 11.8. The molecule has 0 fully saturated rings. The van der Waals surface area contributed by atoms with Gasteiger partial charge in [0.1, 0.15) is 0 Å². The third kappa shape index (κ3) is 4.05. The van der Waals surface area contributed by atoms with Crippen LogP contribution in [0, 0.1) is 0 Å². The summed E-state index contributed by atoms with van der Waals surface area (Å²) >= 11 is 0. The zero-order chi connectivity index (χ0) is 21.9. The van der Waals surface area contributed by atoms with Crippen molar-refractivity contribution < 1.29 is 13.2 Å². The molecule has 3 rings (SSSR count). The number of nitrogens with zero attached hydrogens (tertiary/aromatic N) is 3. The fraction of sp³-hybridized carbons (Fsp3) is 0.364. The van der Waals surface area contributed by atoms with Crippen LogP contribution in [0.25, 0.3) is 11.0 Å². The van der Waals surface area contributed by atoms with Crippen LogP contribution >= 0.6 is 0 Å². The van der Waals surface area contributed by atoms with Crippen molar-refractivity contribution >= 4 is 32.5 Å². The Balaban J connectivity index is 1.99. The summed E-state index contributed by atoms with van der Waals surface area (Å²) in [6, 6.07) is 13.9. The molecule has 0 radical (unpaired) electrons. The largest absolute Gasteiger partial charge is 0.372 e. The molecule has 0 aliphatic heterocycles. The second-order valence-electron chi connectivity index (χ2n) is 7.08. The Morgan fingerprint density at radius 1 is 0.933 bits per heavy atom. The fourth-order valence-corrected chi connectivity index (χ4v) is 5.12. The van der Waals surface area contributed by atoms with Gasteiger partial charge in [-0.05, 0) is 56.7 Å². The minimum Gasteiger partial charge on any atom is -0.372 e. The van der Waals surface area contributed by atoms with Gasteiger partial charge in [-0.25, -0.2) is 13.2 Å². The maximum atomic E-state index is 13.0. The van der Waals surface area contributed by atoms with Crippen molar-refractivity contribution in [2.24, 2.45) is 0 Å². The summed E-state index contributed by atoms with van der Waals surface area (Å²) in [5, 5.41) is 0. The minimum absolute atomic E-state index is 0.137. The molecule has 0 unspecified atom stereocenters. The summed E-state index contributed by atoms with van der Waals surface area (Å²) in [6.07, 6.45) is 0.395. The van der Waals surface area contributed by atoms with Gasteiger partial charge in [-0.3, -0.25) is 9.36 Å². The maximum absolute atomic E-state index is 13.0. The maximum Gasteiger partial charge on any atom is 0.343 e. The molecule has 0 saturated carbocycles. The summed E-state index contributed by atoms with van der Waals surface area (Å²) in [5.41, 5.74) is 1.51. The lowest BCUT2D eigenvalue weighted by Crippen LogP contribution is -2.32. The predicted molar refractivity (Wildman–Crippen MR) is 120 cm³/mol. The monoisotopic (exact) mass is 429 g/mol. The van der Waals surface area contributed by atoms with Crippen LogP contribution < -0.4 is 10.6 Å². The average molecular weight is 430 g/mol. The normalized spacial score (nSPS) is 11.7. The smallest absolute Gasteiger partial charge is 0.343 e. The molecule has 0 atom stereocenters. The zero-order valence-corrected chi connectivity index (χ0v) is 18.4. The van der Waals surface area contributed by atoms with E-state index in [-0.39, 0.29) is 18.1 Å². The molecule has 0 bridgehead atoms. The van der Waals surface area contributed by atoms with Gasteiger partial charge in [0, 0.05) is 24.3 Å². The molecular weight excluding hydrogens is 402 g/mol. The lowest BCUT2D eigenvalue weighted by molar-refractivity contribution is 0.0972. The van der Waals surface area contributed by atoms with E-state index in [2.05, 4.69) is 18.7 Å². The van der Waals surface area contributed by atoms with E-state index in [0.29, 0.717) is 23.0 Å². The Hall–Kier alpha value is -2.87. The number of carbonyl (C=O) groups excluding carboxylic acids is 1. The molecule has 8 heteroatoms. The number of hydrogen-bond donors (Lipinski definition) is 0. The average Bonchev–Trinajstić information content (AvgIpc) is 3.01. The van der Waals surface area contributed by atoms with E-state index < -0.39 is 15.7 Å². The van der Waals surface area contributed by atoms with Crippen molar-refractivity contribution in [2.75, 3.05) is 23.7 Å². The van der Waals surface area contributed by atoms with Crippen LogP contribution in [-0.2, 0) is 16.6 Å². The second kappa shape index (κ2) is 8.87. The molecule has 0 N–H and O–H groups in total. The molecule has 1 aromatic heterocycles. The number of rotatable bonds is 9. The van der Waals surface area contributed by atoms with Crippen LogP contribution in [0.15, 0.2) is 53.3 Å². The summed E-state index contributed by atoms with van der Waals surface area (Å²) in [4.78, 5) is 28.0. The number of benzene rings is 2. The molecule has 0 aliphatic carbocycles. The Kier molecular flexibility index (Phi) is 6.45. The van der Waals surface area contributed by atoms with Gasteiger partial charge in [0.25, 0.3) is 0 Å². The van der Waals surface area contributed by atoms with Crippen LogP contribution in [0.3, 0.4) is 0 Å². The van der Waals surface area contributed by atoms with E-state index in [1.807, 2.05) is 12.1 Å². The number of aromatic nitrogens is 2. The van der Waals surface area contributed by atoms with E-state index >= 15 is 0 Å². The molecule has 1 heterocycles. The van der Waals surface area contributed by atoms with E-state index in [1.165, 1.54) is 4.57 Å². The Labute approximate surface area is 176 Å². The van der Waals surface area contributed by atoms with E-state index in [1.54, 1.807) is 43.3 Å². The summed E-state index contributed by atoms with van der Waals surface area (Å²) in [5.74, 6) is -0.388. The highest BCUT2D eigenvalue weighted by Gasteiger charge is 2.23. The topological polar surface area (TPSA) is 81.4 Å². The lowest BCUT2D eigenvalue weighted by atomic mass is 10.1. The van der Waals surface area contributed by atoms with Gasteiger partial charge in [-0.15, -0.1) is 0 Å². The minimum atomic E-state index is -3.80. The van der Waals surface area contributed by atoms with E-state index in [9.17, 15) is 18.0 Å². The lowest BCUT2D eigenvalue weighted by Gasteiger charge is -2.21. The number of fused-ring (bicyclic) bond motifs is 1. The molecule has 0 amide bonds. The molecule has 7 nitrogen and oxygen atoms in total. The van der Waals surface area contributed by atoms with Crippen molar-refractivity contribution in [1.82, 2.24) is 8.54 Å². The highest BCUT2D eigenvalue weighted by atomic mass is 32.2. The number of imidazole rings is 1. The molecule has 160 valence electrons. The molecule has 0 saturated heterocycles. The summed E-state index contributed by atoms with van der Waals surface area (Å²) in [7, 11) is -3.80. The predicted octanol–water partition coefficient (Wildman–Crippen LogP) is 3.12. The first-order valence-electron chi connectivity index (χ1n) is 10.2. The number of para-hydroxylation sites is 2. The highest BCUT2D eigenvalue weighted by molar-refractivity contribution is 7.90. The molecule has 2 aromatic carbocycles. The molecule has 0 aliphatic rings. The van der Waals surface area contributed by atoms with Crippen LogP contribution in [0.2, 0.25) is 0 Å². The fourth-order valence-electron chi connectivity index (χ4n) is 3.63. The van der Waals surface area contributed by atoms with Crippen molar-refractivity contribution in [3.63, 3.8) is 0 Å². The molecule has 3 aromatic rings. The first-order chi connectivity index (χ1) is 14.3. The van der Waals surface area contributed by atoms with Gasteiger partial charge in [-0.2, -0.15) is 3.97 Å². The van der Waals surface area contributed by atoms with Gasteiger partial charge >= 0.3 is 5.69 Å². The number of ketones is 1. The molecule has 30 heavy (non-hydrogen) atoms. The van der Waals surface area contributed by atoms with Crippen molar-refractivity contribution in [1.29, 1.82) is 0 Å². The summed E-state index contributed by atoms with van der Waals surface area (Å²) < 4.78 is 27.4. The van der Waals surface area contributed by atoms with Crippen LogP contribution in [0.5, 0.6) is 0 Å². The van der Waals surface area contributed by atoms with Crippen molar-refractivity contribution in [2.45, 2.75) is 33.7 Å². The number of carbonyl (C=O) groups is 1. The van der Waals surface area contributed by atoms with E-state index in [0.717, 1.165) is 22.7 Å². The van der Waals surface area contributed by atoms with Gasteiger partial charge in [0.2, 0.25) is 10.0 Å². The van der Waals surface area contributed by atoms with Gasteiger partial charge in [-0.1, -0.05) is 19.1 Å². The third-order valence-electron chi connectivity index (χ3n) is 5.16. The van der Waals surface area contributed by atoms with Crippen molar-refractivity contribution in [3.05, 3.63) is 64.6 Å². The molecule has 0 spiro atoms. The van der Waals surface area contributed by atoms with Crippen LogP contribution in [0.1, 0.15) is 37.6 Å². The number of hydrogen-bond acceptors (Lipinski definition) is 5. The molecular formula is C22H27N3O4S. The van der Waals surface area contributed by atoms with Gasteiger partial charge < -0.3 is 4.90 Å². The van der Waals surface area contributed by atoms with Crippen LogP contribution in [-0.4, -0.2) is 41.6 Å². The Morgan fingerprint density at radius 3 is 2.10 bits per heavy atom. The number of anilines is 1. The van der Waals surface area contributed by atoms with Crippen LogP contribution in [0.4, 0.5) is 5.69 Å². The SMILES string of the molecule is CCCS(=O)(=O)n1c(=O)n(CC(=O)c2ccc(N(CC)CC)cc2)c2ccccc21. The highest BCUT2D eigenvalue weighted by Crippen LogP contribution is 2.18. The van der Waals surface area contributed by atoms with Gasteiger partial charge in [0.05, 0.1) is 23.3 Å². The Morgan fingerprint density at radius 2 is 1.53 bits per heavy atom.